The van der Waals surface area contributed by atoms with Gasteiger partial charge in [0.25, 0.3) is 0 Å². The molecule has 0 aliphatic heterocycles. The number of aromatic amines is 1. The van der Waals surface area contributed by atoms with Crippen molar-refractivity contribution in [3.63, 3.8) is 0 Å². The molecule has 2 aromatic heterocycles. The van der Waals surface area contributed by atoms with Crippen LogP contribution >= 0.6 is 11.3 Å². The van der Waals surface area contributed by atoms with Gasteiger partial charge in [0, 0.05) is 32.4 Å². The molecule has 0 atom stereocenters. The zero-order valence-corrected chi connectivity index (χ0v) is 13.1. The molecule has 0 saturated heterocycles. The summed E-state index contributed by atoms with van der Waals surface area (Å²) in [5.74, 6) is -0.662. The first-order chi connectivity index (χ1) is 10.6. The van der Waals surface area contributed by atoms with Gasteiger partial charge in [0.1, 0.15) is 0 Å². The van der Waals surface area contributed by atoms with Crippen molar-refractivity contribution in [2.45, 2.75) is 13.8 Å². The molecule has 0 radical (unpaired) electrons. The third kappa shape index (κ3) is 2.67. The number of Topliss-reactive ketones (excluding diaryl/α,β-unsaturated/α-hetero) is 1. The van der Waals surface area contributed by atoms with Gasteiger partial charge in [-0.2, -0.15) is 0 Å². The molecule has 1 N–H and O–H groups in total. The zero-order valence-electron chi connectivity index (χ0n) is 12.3. The number of nitrogens with one attached hydrogen (secondary N) is 1. The van der Waals surface area contributed by atoms with E-state index < -0.39 is 5.97 Å². The first-order valence-electron chi connectivity index (χ1n) is 6.89. The number of ketones is 1. The molecule has 112 valence electrons. The molecule has 0 bridgehead atoms. The van der Waals surface area contributed by atoms with E-state index in [-0.39, 0.29) is 12.4 Å². The van der Waals surface area contributed by atoms with E-state index in [0.29, 0.717) is 11.1 Å². The summed E-state index contributed by atoms with van der Waals surface area (Å²) in [4.78, 5) is 29.3. The van der Waals surface area contributed by atoms with Gasteiger partial charge < -0.3 is 9.72 Å². The van der Waals surface area contributed by atoms with Gasteiger partial charge in [0.05, 0.1) is 5.56 Å². The van der Waals surface area contributed by atoms with Crippen LogP contribution in [0.5, 0.6) is 0 Å². The Balaban J connectivity index is 1.72. The summed E-state index contributed by atoms with van der Waals surface area (Å²) in [6, 6.07) is 9.31. The number of ether oxygens (including phenoxy) is 1. The molecule has 1 aromatic carbocycles. The zero-order chi connectivity index (χ0) is 15.7. The average molecular weight is 313 g/mol. The number of rotatable bonds is 4. The highest BCUT2D eigenvalue weighted by atomic mass is 32.1. The van der Waals surface area contributed by atoms with Gasteiger partial charge in [-0.3, -0.25) is 4.79 Å². The van der Waals surface area contributed by atoms with Gasteiger partial charge in [0.2, 0.25) is 5.78 Å². The van der Waals surface area contributed by atoms with E-state index in [1.165, 1.54) is 0 Å². The van der Waals surface area contributed by atoms with Crippen LogP contribution in [0.15, 0.2) is 36.5 Å². The fraction of sp³-hybridized carbons (Fsp3) is 0.176. The minimum atomic E-state index is -0.490. The van der Waals surface area contributed by atoms with Crippen molar-refractivity contribution in [1.82, 2.24) is 4.98 Å². The molecule has 0 unspecified atom stereocenters. The van der Waals surface area contributed by atoms with Gasteiger partial charge in [-0.15, -0.1) is 11.3 Å². The number of aryl methyl sites for hydroxylation is 2. The minimum absolute atomic E-state index is 0.171. The summed E-state index contributed by atoms with van der Waals surface area (Å²) in [6.45, 7) is 3.61. The number of benzene rings is 1. The monoisotopic (exact) mass is 313 g/mol. The molecular weight excluding hydrogens is 298 g/mol. The highest BCUT2D eigenvalue weighted by Crippen LogP contribution is 2.22. The molecule has 0 saturated carbocycles. The van der Waals surface area contributed by atoms with E-state index in [9.17, 15) is 9.59 Å². The number of esters is 1. The van der Waals surface area contributed by atoms with E-state index in [0.717, 1.165) is 20.7 Å². The van der Waals surface area contributed by atoms with Gasteiger partial charge >= 0.3 is 5.97 Å². The summed E-state index contributed by atoms with van der Waals surface area (Å²) in [5.41, 5.74) is 1.95. The maximum atomic E-state index is 12.2. The van der Waals surface area contributed by atoms with Gasteiger partial charge in [0.15, 0.2) is 6.61 Å². The lowest BCUT2D eigenvalue weighted by Gasteiger charge is -2.03. The van der Waals surface area contributed by atoms with Crippen molar-refractivity contribution in [3.05, 3.63) is 57.4 Å². The average Bonchev–Trinajstić information content (AvgIpc) is 3.07. The van der Waals surface area contributed by atoms with Crippen LogP contribution in [-0.4, -0.2) is 23.3 Å². The molecule has 0 spiro atoms. The Morgan fingerprint density at radius 2 is 1.95 bits per heavy atom. The fourth-order valence-electron chi connectivity index (χ4n) is 2.43. The number of carbonyl (C=O) groups is 2. The molecule has 5 heteroatoms. The summed E-state index contributed by atoms with van der Waals surface area (Å²) in [5, 5.41) is 0.794. The maximum Gasteiger partial charge on any atom is 0.340 e. The number of carbonyl (C=O) groups excluding carboxylic acids is 2. The van der Waals surface area contributed by atoms with E-state index in [4.69, 9.17) is 4.74 Å². The van der Waals surface area contributed by atoms with Crippen molar-refractivity contribution < 1.29 is 14.3 Å². The second kappa shape index (κ2) is 5.77. The Bertz CT molecular complexity index is 860. The van der Waals surface area contributed by atoms with Crippen molar-refractivity contribution in [1.29, 1.82) is 0 Å². The quantitative estimate of drug-likeness (QED) is 0.587. The summed E-state index contributed by atoms with van der Waals surface area (Å²) in [7, 11) is 0. The minimum Gasteiger partial charge on any atom is -0.454 e. The number of aromatic nitrogens is 1. The molecule has 2 heterocycles. The standard InChI is InChI=1S/C17H15NO3S/c1-10-7-13(11(2)22-10)16(19)9-21-17(20)14-8-18-15-6-4-3-5-12(14)15/h3-8,18H,9H2,1-2H3. The Hall–Kier alpha value is -2.40. The normalized spacial score (nSPS) is 10.8. The van der Waals surface area contributed by atoms with Crippen LogP contribution in [0.4, 0.5) is 0 Å². The SMILES string of the molecule is Cc1cc(C(=O)COC(=O)c2c[nH]c3ccccc23)c(C)s1. The van der Waals surface area contributed by atoms with Crippen LogP contribution in [0.2, 0.25) is 0 Å². The number of fused-ring (bicyclic) bond motifs is 1. The topological polar surface area (TPSA) is 59.2 Å². The fourth-order valence-corrected chi connectivity index (χ4v) is 3.38. The third-order valence-corrected chi connectivity index (χ3v) is 4.45. The molecule has 0 aliphatic carbocycles. The first kappa shape index (κ1) is 14.5. The summed E-state index contributed by atoms with van der Waals surface area (Å²) in [6.07, 6.45) is 1.61. The Morgan fingerprint density at radius 1 is 1.18 bits per heavy atom. The number of hydrogen-bond acceptors (Lipinski definition) is 4. The smallest absolute Gasteiger partial charge is 0.340 e. The summed E-state index contributed by atoms with van der Waals surface area (Å²) >= 11 is 1.57. The molecule has 22 heavy (non-hydrogen) atoms. The molecule has 0 fully saturated rings. The van der Waals surface area contributed by atoms with E-state index >= 15 is 0 Å². The largest absolute Gasteiger partial charge is 0.454 e. The lowest BCUT2D eigenvalue weighted by molar-refractivity contribution is 0.0476. The molecular formula is C17H15NO3S. The molecule has 4 nitrogen and oxygen atoms in total. The van der Waals surface area contributed by atoms with Gasteiger partial charge in [-0.25, -0.2) is 4.79 Å². The Kier molecular flexibility index (Phi) is 3.81. The highest BCUT2D eigenvalue weighted by Gasteiger charge is 2.17. The van der Waals surface area contributed by atoms with E-state index in [2.05, 4.69) is 4.98 Å². The first-order valence-corrected chi connectivity index (χ1v) is 7.71. The number of hydrogen-bond donors (Lipinski definition) is 1. The molecule has 0 amide bonds. The lowest BCUT2D eigenvalue weighted by Crippen LogP contribution is -2.14. The molecule has 3 rings (SSSR count). The maximum absolute atomic E-state index is 12.2. The number of H-pyrrole nitrogens is 1. The second-order valence-electron chi connectivity index (χ2n) is 5.07. The second-order valence-corrected chi connectivity index (χ2v) is 6.53. The predicted octanol–water partition coefficient (Wildman–Crippen LogP) is 3.89. The van der Waals surface area contributed by atoms with Crippen molar-refractivity contribution in [3.8, 4) is 0 Å². The van der Waals surface area contributed by atoms with E-state index in [1.54, 1.807) is 17.5 Å². The van der Waals surface area contributed by atoms with Crippen molar-refractivity contribution >= 4 is 34.0 Å². The van der Waals surface area contributed by atoms with E-state index in [1.807, 2.05) is 44.2 Å². The highest BCUT2D eigenvalue weighted by molar-refractivity contribution is 7.12. The Morgan fingerprint density at radius 3 is 2.68 bits per heavy atom. The van der Waals surface area contributed by atoms with Crippen LogP contribution in [-0.2, 0) is 4.74 Å². The lowest BCUT2D eigenvalue weighted by atomic mass is 10.1. The van der Waals surface area contributed by atoms with Crippen LogP contribution in [0.25, 0.3) is 10.9 Å². The van der Waals surface area contributed by atoms with Crippen LogP contribution in [0, 0.1) is 13.8 Å². The molecule has 0 aliphatic rings. The third-order valence-electron chi connectivity index (χ3n) is 3.48. The van der Waals surface area contributed by atoms with Crippen LogP contribution in [0.1, 0.15) is 30.5 Å². The van der Waals surface area contributed by atoms with Gasteiger partial charge in [-0.05, 0) is 26.0 Å². The Labute approximate surface area is 131 Å². The van der Waals surface area contributed by atoms with Gasteiger partial charge in [-0.1, -0.05) is 18.2 Å². The summed E-state index contributed by atoms with van der Waals surface area (Å²) < 4.78 is 5.17. The van der Waals surface area contributed by atoms with Crippen molar-refractivity contribution in [2.24, 2.45) is 0 Å². The number of thiophene rings is 1. The van der Waals surface area contributed by atoms with Crippen LogP contribution < -0.4 is 0 Å². The number of para-hydroxylation sites is 1. The molecule has 3 aromatic rings. The van der Waals surface area contributed by atoms with Crippen LogP contribution in [0.3, 0.4) is 0 Å². The predicted molar refractivity (Wildman–Crippen MR) is 86.7 cm³/mol. The van der Waals surface area contributed by atoms with Crippen molar-refractivity contribution in [2.75, 3.05) is 6.61 Å².